The molecule has 0 bridgehead atoms. The average molecular weight is 682 g/mol. The number of likely N-dealkylation sites (tertiary alicyclic amines) is 2. The minimum Gasteiger partial charge on any atom is -0.346 e. The Morgan fingerprint density at radius 2 is 1.54 bits per heavy atom. The van der Waals surface area contributed by atoms with Gasteiger partial charge in [0.1, 0.15) is 17.3 Å². The lowest BCUT2D eigenvalue weighted by Crippen LogP contribution is -2.45. The largest absolute Gasteiger partial charge is 0.403 e. The summed E-state index contributed by atoms with van der Waals surface area (Å²) in [6, 6.07) is 7.23. The van der Waals surface area contributed by atoms with Gasteiger partial charge in [0.15, 0.2) is 0 Å². The minimum absolute atomic E-state index is 0.102. The van der Waals surface area contributed by atoms with E-state index >= 15 is 0 Å². The number of rotatable bonds is 6. The summed E-state index contributed by atoms with van der Waals surface area (Å²) in [6.45, 7) is 14.0. The lowest BCUT2D eigenvalue weighted by Gasteiger charge is -2.22. The zero-order valence-corrected chi connectivity index (χ0v) is 29.0. The van der Waals surface area contributed by atoms with Crippen LogP contribution in [0.4, 0.5) is 23.2 Å². The third-order valence-corrected chi connectivity index (χ3v) is 8.58. The molecule has 1 aromatic carbocycles. The summed E-state index contributed by atoms with van der Waals surface area (Å²) in [4.78, 5) is 49.5. The minimum atomic E-state index is -4.53. The van der Waals surface area contributed by atoms with Gasteiger partial charge in [-0.25, -0.2) is 4.39 Å². The normalized spacial score (nSPS) is 23.7. The van der Waals surface area contributed by atoms with Crippen molar-refractivity contribution in [3.63, 3.8) is 0 Å². The van der Waals surface area contributed by atoms with Crippen molar-refractivity contribution in [3.8, 4) is 6.07 Å². The molecule has 2 saturated carbocycles. The Balaban J connectivity index is 0.000000282. The number of alkyl halides is 3. The van der Waals surface area contributed by atoms with E-state index in [1.807, 2.05) is 19.9 Å². The van der Waals surface area contributed by atoms with E-state index in [4.69, 9.17) is 5.26 Å². The summed E-state index contributed by atoms with van der Waals surface area (Å²) in [7, 11) is 0. The number of nitriles is 1. The molecule has 2 aliphatic carbocycles. The molecule has 13 heteroatoms. The number of amides is 4. The van der Waals surface area contributed by atoms with Crippen molar-refractivity contribution in [2.24, 2.45) is 28.6 Å². The maximum atomic E-state index is 13.4. The van der Waals surface area contributed by atoms with Crippen molar-refractivity contribution in [2.45, 2.75) is 98.7 Å². The molecule has 2 saturated heterocycles. The van der Waals surface area contributed by atoms with Gasteiger partial charge in [-0.15, -0.1) is 0 Å². The fourth-order valence-corrected chi connectivity index (χ4v) is 5.90. The van der Waals surface area contributed by atoms with E-state index in [1.54, 1.807) is 11.0 Å². The molecule has 2 aliphatic heterocycles. The molecule has 4 atom stereocenters. The van der Waals surface area contributed by atoms with Crippen LogP contribution in [0.25, 0.3) is 0 Å². The average Bonchev–Trinajstić information content (AvgIpc) is 3.58. The van der Waals surface area contributed by atoms with Crippen LogP contribution in [0.2, 0.25) is 0 Å². The number of nitrogens with zero attached hydrogens (tertiary/aromatic N) is 3. The number of para-hydroxylation sites is 1. The van der Waals surface area contributed by atoms with Gasteiger partial charge in [-0.2, -0.15) is 18.4 Å². The molecule has 2 heterocycles. The zero-order valence-electron chi connectivity index (χ0n) is 29.0. The van der Waals surface area contributed by atoms with E-state index in [2.05, 4.69) is 38.3 Å². The lowest BCUT2D eigenvalue weighted by atomic mass is 9.82. The third-order valence-electron chi connectivity index (χ3n) is 8.58. The Morgan fingerprint density at radius 1 is 1.00 bits per heavy atom. The number of nitrogens with one attached hydrogen (secondary N) is 2. The van der Waals surface area contributed by atoms with Crippen molar-refractivity contribution in [1.82, 2.24) is 15.1 Å². The predicted molar refractivity (Wildman–Crippen MR) is 175 cm³/mol. The van der Waals surface area contributed by atoms with Gasteiger partial charge in [0, 0.05) is 19.6 Å². The third kappa shape index (κ3) is 11.5. The van der Waals surface area contributed by atoms with Gasteiger partial charge in [0.2, 0.25) is 24.1 Å². The maximum Gasteiger partial charge on any atom is 0.403 e. The van der Waals surface area contributed by atoms with Gasteiger partial charge in [0.05, 0.1) is 24.2 Å². The van der Waals surface area contributed by atoms with Crippen molar-refractivity contribution < 1.29 is 36.7 Å². The second-order valence-electron chi connectivity index (χ2n) is 14.2. The van der Waals surface area contributed by atoms with Crippen LogP contribution in [-0.4, -0.2) is 72.3 Å². The number of carbonyl (C=O) groups is 4. The summed E-state index contributed by atoms with van der Waals surface area (Å²) < 4.78 is 51.8. The first-order valence-corrected chi connectivity index (χ1v) is 16.8. The highest BCUT2D eigenvalue weighted by molar-refractivity contribution is 5.93. The second-order valence-corrected chi connectivity index (χ2v) is 14.2. The monoisotopic (exact) mass is 681 g/mol. The van der Waals surface area contributed by atoms with Crippen LogP contribution in [0.1, 0.15) is 86.5 Å². The Kier molecular flexibility index (Phi) is 14.9. The standard InChI is InChI=1S/C15H21F3N2O2.C13H12FN3O2.C5H12.C2H6/c16-15(17,18)14(5-6-14)13(22)19-7-12(21)20-8-10-3-1-2-4-11(10)9-20;14-11-3-1-2-4-12(11)16-13(19)9-5-10(6-15)17(7-9)8-18;1-5(2,3)4;1-2/h10-11H,1-9H2,(H,19,22);1-4,8-10H,5,7H2,(H,16,19);1-4H3;1-2H3/t;9?,10-;;/m.0../s1. The van der Waals surface area contributed by atoms with Crippen molar-refractivity contribution in [3.05, 3.63) is 30.1 Å². The van der Waals surface area contributed by atoms with E-state index < -0.39 is 35.3 Å². The van der Waals surface area contributed by atoms with Gasteiger partial charge in [-0.1, -0.05) is 66.5 Å². The first-order chi connectivity index (χ1) is 22.5. The van der Waals surface area contributed by atoms with Crippen LogP contribution < -0.4 is 10.6 Å². The molecule has 4 amide bonds. The highest BCUT2D eigenvalue weighted by atomic mass is 19.4. The molecule has 4 aliphatic rings. The van der Waals surface area contributed by atoms with Crippen molar-refractivity contribution >= 4 is 29.8 Å². The molecule has 5 rings (SSSR count). The van der Waals surface area contributed by atoms with E-state index in [1.165, 1.54) is 35.9 Å². The SMILES string of the molecule is CC.CC(C)(C)C.N#C[C@@H]1CC(C(=O)Nc2ccccc2F)CN1C=O.O=C(CNC(=O)C1(C(F)(F)F)CC1)N1CC2CCCCC2C1. The Morgan fingerprint density at radius 3 is 1.98 bits per heavy atom. The summed E-state index contributed by atoms with van der Waals surface area (Å²) in [5.74, 6) is -1.65. The lowest BCUT2D eigenvalue weighted by molar-refractivity contribution is -0.192. The number of carbonyl (C=O) groups excluding carboxylic acids is 4. The van der Waals surface area contributed by atoms with E-state index in [0.29, 0.717) is 36.8 Å². The molecule has 268 valence electrons. The fourth-order valence-electron chi connectivity index (χ4n) is 5.90. The zero-order chi connectivity index (χ0) is 36.3. The molecule has 9 nitrogen and oxygen atoms in total. The number of anilines is 1. The first-order valence-electron chi connectivity index (χ1n) is 16.8. The molecule has 48 heavy (non-hydrogen) atoms. The number of hydrogen-bond donors (Lipinski definition) is 2. The summed E-state index contributed by atoms with van der Waals surface area (Å²) in [5.41, 5.74) is -1.64. The maximum absolute atomic E-state index is 13.4. The van der Waals surface area contributed by atoms with E-state index in [9.17, 15) is 36.7 Å². The van der Waals surface area contributed by atoms with Crippen LogP contribution in [0.15, 0.2) is 24.3 Å². The molecule has 1 aromatic rings. The molecule has 0 aromatic heterocycles. The second kappa shape index (κ2) is 17.6. The first kappa shape index (κ1) is 40.5. The Bertz CT molecular complexity index is 1270. The van der Waals surface area contributed by atoms with Crippen LogP contribution >= 0.6 is 0 Å². The molecule has 4 fully saturated rings. The topological polar surface area (TPSA) is 123 Å². The Labute approximate surface area is 281 Å². The van der Waals surface area contributed by atoms with Gasteiger partial charge in [0.25, 0.3) is 0 Å². The van der Waals surface area contributed by atoms with Crippen LogP contribution in [0.5, 0.6) is 0 Å². The van der Waals surface area contributed by atoms with Gasteiger partial charge in [-0.05, 0) is 61.5 Å². The van der Waals surface area contributed by atoms with Crippen LogP contribution in [0, 0.1) is 45.7 Å². The summed E-state index contributed by atoms with van der Waals surface area (Å²) in [5, 5.41) is 13.5. The molecule has 2 N–H and O–H groups in total. The number of hydrogen-bond acceptors (Lipinski definition) is 5. The fraction of sp³-hybridized carbons (Fsp3) is 0.686. The number of halogens is 4. The van der Waals surface area contributed by atoms with Crippen LogP contribution in [0.3, 0.4) is 0 Å². The number of fused-ring (bicyclic) bond motifs is 1. The summed E-state index contributed by atoms with van der Waals surface area (Å²) >= 11 is 0. The van der Waals surface area contributed by atoms with Gasteiger partial charge < -0.3 is 20.4 Å². The molecule has 0 spiro atoms. The molecule has 0 radical (unpaired) electrons. The smallest absolute Gasteiger partial charge is 0.346 e. The Hall–Kier alpha value is -3.69. The van der Waals surface area contributed by atoms with Crippen molar-refractivity contribution in [1.29, 1.82) is 5.26 Å². The molecular weight excluding hydrogens is 630 g/mol. The van der Waals surface area contributed by atoms with E-state index in [0.717, 1.165) is 12.8 Å². The molecular formula is C35H51F4N5O4. The number of benzene rings is 1. The van der Waals surface area contributed by atoms with Gasteiger partial charge in [-0.3, -0.25) is 19.2 Å². The van der Waals surface area contributed by atoms with Crippen LogP contribution in [-0.2, 0) is 19.2 Å². The highest BCUT2D eigenvalue weighted by Crippen LogP contribution is 2.57. The van der Waals surface area contributed by atoms with Crippen molar-refractivity contribution in [2.75, 3.05) is 31.5 Å². The highest BCUT2D eigenvalue weighted by Gasteiger charge is 2.68. The van der Waals surface area contributed by atoms with E-state index in [-0.39, 0.29) is 49.9 Å². The van der Waals surface area contributed by atoms with Gasteiger partial charge >= 0.3 is 6.18 Å². The molecule has 3 unspecified atom stereocenters. The summed E-state index contributed by atoms with van der Waals surface area (Å²) in [6.07, 6.45) is 0.579. The predicted octanol–water partition coefficient (Wildman–Crippen LogP) is 6.31. The quantitative estimate of drug-likeness (QED) is 0.269.